The van der Waals surface area contributed by atoms with Crippen LogP contribution in [0.1, 0.15) is 65.5 Å². The fourth-order valence-corrected chi connectivity index (χ4v) is 4.57. The molecule has 1 amide bonds. The number of hydrogen-bond acceptors (Lipinski definition) is 6. The molecule has 2 aliphatic carbocycles. The summed E-state index contributed by atoms with van der Waals surface area (Å²) in [5, 5.41) is 4.10. The van der Waals surface area contributed by atoms with E-state index in [2.05, 4.69) is 10.1 Å². The molecule has 0 radical (unpaired) electrons. The summed E-state index contributed by atoms with van der Waals surface area (Å²) in [6.07, 6.45) is 8.33. The fourth-order valence-electron chi connectivity index (χ4n) is 4.57. The summed E-state index contributed by atoms with van der Waals surface area (Å²) in [5.41, 5.74) is 3.23. The number of likely N-dealkylation sites (tertiary alicyclic amines) is 1. The summed E-state index contributed by atoms with van der Waals surface area (Å²) in [5.74, 6) is 1.57. The lowest BCUT2D eigenvalue weighted by Crippen LogP contribution is -2.48. The number of anilines is 1. The van der Waals surface area contributed by atoms with Crippen LogP contribution in [-0.4, -0.2) is 53.1 Å². The molecule has 3 heterocycles. The van der Waals surface area contributed by atoms with Gasteiger partial charge in [-0.2, -0.15) is 0 Å². The van der Waals surface area contributed by atoms with Gasteiger partial charge >= 0.3 is 0 Å². The van der Waals surface area contributed by atoms with Crippen LogP contribution in [0.4, 0.5) is 5.95 Å². The van der Waals surface area contributed by atoms with E-state index in [0.717, 1.165) is 62.4 Å². The number of carbonyl (C=O) groups excluding carboxylic acids is 1. The smallest absolute Gasteiger partial charge is 0.292 e. The Morgan fingerprint density at radius 3 is 2.96 bits per heavy atom. The van der Waals surface area contributed by atoms with Gasteiger partial charge in [0.05, 0.1) is 11.4 Å². The quantitative estimate of drug-likeness (QED) is 0.830. The van der Waals surface area contributed by atoms with Crippen molar-refractivity contribution in [3.05, 3.63) is 35.0 Å². The maximum atomic E-state index is 13.0. The first kappa shape index (κ1) is 16.7. The molecule has 1 spiro atoms. The summed E-state index contributed by atoms with van der Waals surface area (Å²) in [7, 11) is 3.92. The van der Waals surface area contributed by atoms with Crippen molar-refractivity contribution in [2.24, 2.45) is 0 Å². The average Bonchev–Trinajstić information content (AvgIpc) is 3.32. The zero-order valence-corrected chi connectivity index (χ0v) is 15.9. The van der Waals surface area contributed by atoms with Crippen molar-refractivity contribution in [1.29, 1.82) is 0 Å². The summed E-state index contributed by atoms with van der Waals surface area (Å²) >= 11 is 0. The SMILES string of the molecule is CN(C)c1ncc2c(n1)C1(CCCN(C(=O)c3cc(C4CC4)no3)C1)CC2. The molecular weight excluding hydrogens is 342 g/mol. The highest BCUT2D eigenvalue weighted by atomic mass is 16.5. The van der Waals surface area contributed by atoms with Crippen LogP contribution in [-0.2, 0) is 11.8 Å². The molecule has 1 unspecified atom stereocenters. The van der Waals surface area contributed by atoms with Crippen molar-refractivity contribution in [3.8, 4) is 0 Å². The predicted octanol–water partition coefficient (Wildman–Crippen LogP) is 2.53. The maximum Gasteiger partial charge on any atom is 0.292 e. The van der Waals surface area contributed by atoms with E-state index in [4.69, 9.17) is 9.51 Å². The largest absolute Gasteiger partial charge is 0.351 e. The molecule has 3 aliphatic rings. The van der Waals surface area contributed by atoms with Crippen LogP contribution in [0.25, 0.3) is 0 Å². The second-order valence-electron chi connectivity index (χ2n) is 8.44. The van der Waals surface area contributed by atoms with Crippen LogP contribution >= 0.6 is 0 Å². The van der Waals surface area contributed by atoms with E-state index in [9.17, 15) is 4.79 Å². The molecule has 2 fully saturated rings. The molecular formula is C20H25N5O2. The van der Waals surface area contributed by atoms with E-state index in [-0.39, 0.29) is 11.3 Å². The molecule has 5 rings (SSSR count). The van der Waals surface area contributed by atoms with E-state index in [0.29, 0.717) is 18.2 Å². The van der Waals surface area contributed by atoms with Gasteiger partial charge in [0.25, 0.3) is 5.91 Å². The number of piperidine rings is 1. The Hall–Kier alpha value is -2.44. The van der Waals surface area contributed by atoms with E-state index in [1.165, 1.54) is 5.56 Å². The lowest BCUT2D eigenvalue weighted by atomic mass is 9.77. The molecule has 27 heavy (non-hydrogen) atoms. The van der Waals surface area contributed by atoms with Crippen molar-refractivity contribution in [3.63, 3.8) is 0 Å². The minimum Gasteiger partial charge on any atom is -0.351 e. The molecule has 1 saturated heterocycles. The third kappa shape index (κ3) is 2.80. The number of carbonyl (C=O) groups is 1. The van der Waals surface area contributed by atoms with Crippen molar-refractivity contribution in [2.75, 3.05) is 32.1 Å². The van der Waals surface area contributed by atoms with Crippen molar-refractivity contribution in [1.82, 2.24) is 20.0 Å². The number of rotatable bonds is 3. The number of fused-ring (bicyclic) bond motifs is 2. The molecule has 1 atom stereocenters. The number of nitrogens with zero attached hydrogens (tertiary/aromatic N) is 5. The molecule has 0 aromatic carbocycles. The van der Waals surface area contributed by atoms with E-state index < -0.39 is 0 Å². The van der Waals surface area contributed by atoms with Gasteiger partial charge in [-0.15, -0.1) is 0 Å². The normalized spacial score (nSPS) is 24.3. The first-order chi connectivity index (χ1) is 13.1. The van der Waals surface area contributed by atoms with Gasteiger partial charge in [0.1, 0.15) is 0 Å². The zero-order chi connectivity index (χ0) is 18.6. The third-order valence-corrected chi connectivity index (χ3v) is 6.23. The molecule has 2 aromatic heterocycles. The first-order valence-corrected chi connectivity index (χ1v) is 9.85. The van der Waals surface area contributed by atoms with Crippen molar-refractivity contribution < 1.29 is 9.32 Å². The fraction of sp³-hybridized carbons (Fsp3) is 0.600. The van der Waals surface area contributed by atoms with Gasteiger partial charge < -0.3 is 14.3 Å². The summed E-state index contributed by atoms with van der Waals surface area (Å²) in [6, 6.07) is 1.84. The van der Waals surface area contributed by atoms with Crippen LogP contribution in [0.15, 0.2) is 16.8 Å². The molecule has 0 bridgehead atoms. The summed E-state index contributed by atoms with van der Waals surface area (Å²) in [6.45, 7) is 1.46. The molecule has 1 saturated carbocycles. The number of hydrogen-bond donors (Lipinski definition) is 0. The average molecular weight is 367 g/mol. The highest BCUT2D eigenvalue weighted by Gasteiger charge is 2.45. The molecule has 142 valence electrons. The van der Waals surface area contributed by atoms with Crippen LogP contribution in [0.5, 0.6) is 0 Å². The van der Waals surface area contributed by atoms with Crippen LogP contribution in [0.3, 0.4) is 0 Å². The zero-order valence-electron chi connectivity index (χ0n) is 15.9. The van der Waals surface area contributed by atoms with Crippen LogP contribution in [0.2, 0.25) is 0 Å². The van der Waals surface area contributed by atoms with Gasteiger partial charge in [0, 0.05) is 50.8 Å². The van der Waals surface area contributed by atoms with Gasteiger partial charge in [0.15, 0.2) is 0 Å². The molecule has 1 aliphatic heterocycles. The minimum atomic E-state index is -0.0592. The van der Waals surface area contributed by atoms with E-state index >= 15 is 0 Å². The van der Waals surface area contributed by atoms with Gasteiger partial charge in [-0.05, 0) is 44.1 Å². The number of amides is 1. The lowest BCUT2D eigenvalue weighted by molar-refractivity contribution is 0.0592. The highest BCUT2D eigenvalue weighted by molar-refractivity contribution is 5.91. The minimum absolute atomic E-state index is 0.0381. The Labute approximate surface area is 158 Å². The second-order valence-corrected chi connectivity index (χ2v) is 8.44. The maximum absolute atomic E-state index is 13.0. The van der Waals surface area contributed by atoms with Gasteiger partial charge in [-0.3, -0.25) is 4.79 Å². The standard InChI is InChI=1S/C20H25N5O2/c1-24(2)19-21-11-14-6-8-20(17(14)22-19)7-3-9-25(12-20)18(26)16-10-15(23-27-16)13-4-5-13/h10-11,13H,3-9,12H2,1-2H3. The molecule has 7 heteroatoms. The van der Waals surface area contributed by atoms with E-state index in [1.807, 2.05) is 36.2 Å². The van der Waals surface area contributed by atoms with Crippen molar-refractivity contribution >= 4 is 11.9 Å². The Kier molecular flexibility index (Phi) is 3.74. The van der Waals surface area contributed by atoms with Crippen molar-refractivity contribution in [2.45, 2.75) is 49.9 Å². The van der Waals surface area contributed by atoms with Gasteiger partial charge in [-0.1, -0.05) is 5.16 Å². The monoisotopic (exact) mass is 367 g/mol. The highest BCUT2D eigenvalue weighted by Crippen LogP contribution is 2.44. The van der Waals surface area contributed by atoms with Gasteiger partial charge in [0.2, 0.25) is 11.7 Å². The summed E-state index contributed by atoms with van der Waals surface area (Å²) in [4.78, 5) is 26.2. The Bertz CT molecular complexity index is 884. The Morgan fingerprint density at radius 1 is 1.33 bits per heavy atom. The number of aryl methyl sites for hydroxylation is 1. The predicted molar refractivity (Wildman–Crippen MR) is 100.0 cm³/mol. The topological polar surface area (TPSA) is 75.4 Å². The molecule has 7 nitrogen and oxygen atoms in total. The Balaban J connectivity index is 1.41. The third-order valence-electron chi connectivity index (χ3n) is 6.23. The van der Waals surface area contributed by atoms with E-state index in [1.54, 1.807) is 0 Å². The van der Waals surface area contributed by atoms with Crippen LogP contribution < -0.4 is 4.90 Å². The second kappa shape index (κ2) is 6.04. The first-order valence-electron chi connectivity index (χ1n) is 9.85. The lowest BCUT2D eigenvalue weighted by Gasteiger charge is -2.40. The number of aromatic nitrogens is 3. The van der Waals surface area contributed by atoms with Gasteiger partial charge in [-0.25, -0.2) is 9.97 Å². The molecule has 2 aromatic rings. The molecule has 0 N–H and O–H groups in total. The Morgan fingerprint density at radius 2 is 2.19 bits per heavy atom. The summed E-state index contributed by atoms with van der Waals surface area (Å²) < 4.78 is 5.38. The van der Waals surface area contributed by atoms with Crippen LogP contribution in [0, 0.1) is 0 Å².